The van der Waals surface area contributed by atoms with E-state index in [-0.39, 0.29) is 71.3 Å². The summed E-state index contributed by atoms with van der Waals surface area (Å²) in [5.41, 5.74) is 0.497. The maximum Gasteiger partial charge on any atom is 1.00 e. The molecule has 0 fully saturated rings. The van der Waals surface area contributed by atoms with E-state index in [1.807, 2.05) is 5.32 Å². The van der Waals surface area contributed by atoms with Crippen molar-refractivity contribution < 1.29 is 93.9 Å². The minimum Gasteiger partial charge on any atom is -0.550 e. The fourth-order valence-electron chi connectivity index (χ4n) is 1.58. The third kappa shape index (κ3) is 9.31. The van der Waals surface area contributed by atoms with Crippen molar-refractivity contribution in [3.63, 3.8) is 0 Å². The molecule has 10 heteroatoms. The van der Waals surface area contributed by atoms with Gasteiger partial charge in [0.1, 0.15) is 11.9 Å². The summed E-state index contributed by atoms with van der Waals surface area (Å²) in [5.74, 6) is -4.37. The van der Waals surface area contributed by atoms with Crippen LogP contribution in [0, 0.1) is 0 Å². The molecule has 1 aromatic carbocycles. The Bertz CT molecular complexity index is 536. The molecule has 0 aliphatic carbocycles. The number of carbonyl (C=O) groups is 3. The largest absolute Gasteiger partial charge is 1.00 e. The van der Waals surface area contributed by atoms with Gasteiger partial charge in [0.15, 0.2) is 0 Å². The van der Waals surface area contributed by atoms with Crippen LogP contribution in [0.5, 0.6) is 5.75 Å². The van der Waals surface area contributed by atoms with Crippen LogP contribution in [-0.4, -0.2) is 40.2 Å². The zero-order chi connectivity index (χ0) is 16.0. The van der Waals surface area contributed by atoms with Crippen LogP contribution in [0.4, 0.5) is 0 Å². The average molecular weight is 341 g/mol. The summed E-state index contributed by atoms with van der Waals surface area (Å²) in [6.07, 6.45) is -2.99. The zero-order valence-corrected chi connectivity index (χ0v) is 16.8. The number of carboxylic acid groups (broad SMARTS) is 2. The van der Waals surface area contributed by atoms with Gasteiger partial charge in [-0.2, -0.15) is 0 Å². The van der Waals surface area contributed by atoms with Crippen LogP contribution in [0.15, 0.2) is 24.3 Å². The van der Waals surface area contributed by atoms with Crippen molar-refractivity contribution in [2.45, 2.75) is 25.0 Å². The Hall–Kier alpha value is -0.610. The molecular weight excluding hydrogens is 328 g/mol. The summed E-state index contributed by atoms with van der Waals surface area (Å²) in [4.78, 5) is 32.7. The minimum absolute atomic E-state index is 0. The monoisotopic (exact) mass is 341 g/mol. The average Bonchev–Trinajstić information content (AvgIpc) is 2.39. The first-order chi connectivity index (χ1) is 9.79. The first-order valence-corrected chi connectivity index (χ1v) is 5.96. The second kappa shape index (κ2) is 11.9. The molecule has 0 saturated heterocycles. The first kappa shape index (κ1) is 24.6. The molecule has 23 heavy (non-hydrogen) atoms. The molecule has 0 saturated carbocycles. The minimum atomic E-state index is -1.91. The molecule has 0 bridgehead atoms. The van der Waals surface area contributed by atoms with Gasteiger partial charge in [-0.15, -0.1) is 0 Å². The van der Waals surface area contributed by atoms with Crippen LogP contribution in [0.2, 0.25) is 0 Å². The molecule has 0 spiro atoms. The number of phenolic OH excluding ortho intramolecular Hbond substituents is 1. The van der Waals surface area contributed by atoms with Gasteiger partial charge < -0.3 is 35.3 Å². The Morgan fingerprint density at radius 2 is 1.61 bits per heavy atom. The van der Waals surface area contributed by atoms with Crippen molar-refractivity contribution in [2.75, 3.05) is 0 Å². The number of aliphatic hydroxyl groups excluding tert-OH is 1. The SMILES string of the molecule is O=C([O-])C[C@H](O)C(=O)N[C@@H](Cc1ccc(O)cc1)C(=O)[O-].[Na+].[Na+]. The molecule has 0 aromatic heterocycles. The molecule has 2 atom stereocenters. The number of phenols is 1. The number of aliphatic carboxylic acids is 2. The molecule has 0 radical (unpaired) electrons. The quantitative estimate of drug-likeness (QED) is 0.417. The molecule has 0 aliphatic rings. The zero-order valence-electron chi connectivity index (χ0n) is 12.8. The number of hydrogen-bond acceptors (Lipinski definition) is 7. The Labute approximate surface area is 176 Å². The molecule has 0 heterocycles. The van der Waals surface area contributed by atoms with Gasteiger partial charge in [0, 0.05) is 12.4 Å². The van der Waals surface area contributed by atoms with Crippen LogP contribution in [-0.2, 0) is 20.8 Å². The van der Waals surface area contributed by atoms with Gasteiger partial charge in [-0.25, -0.2) is 0 Å². The van der Waals surface area contributed by atoms with E-state index in [2.05, 4.69) is 0 Å². The molecule has 1 rings (SSSR count). The van der Waals surface area contributed by atoms with Crippen molar-refractivity contribution in [1.82, 2.24) is 5.32 Å². The van der Waals surface area contributed by atoms with E-state index >= 15 is 0 Å². The Kier molecular flexibility index (Phi) is 12.7. The number of hydrogen-bond donors (Lipinski definition) is 3. The van der Waals surface area contributed by atoms with Gasteiger partial charge in [0.2, 0.25) is 5.91 Å². The number of amides is 1. The number of rotatable bonds is 7. The van der Waals surface area contributed by atoms with E-state index in [1.165, 1.54) is 24.3 Å². The third-order valence-corrected chi connectivity index (χ3v) is 2.64. The predicted octanol–water partition coefficient (Wildman–Crippen LogP) is -9.32. The fourth-order valence-corrected chi connectivity index (χ4v) is 1.58. The molecule has 0 unspecified atom stereocenters. The van der Waals surface area contributed by atoms with Crippen molar-refractivity contribution in [2.24, 2.45) is 0 Å². The van der Waals surface area contributed by atoms with E-state index in [9.17, 15) is 29.7 Å². The van der Waals surface area contributed by atoms with Gasteiger partial charge in [-0.3, -0.25) is 4.79 Å². The van der Waals surface area contributed by atoms with E-state index in [1.54, 1.807) is 0 Å². The van der Waals surface area contributed by atoms with Crippen molar-refractivity contribution in [3.8, 4) is 5.75 Å². The second-order valence-corrected chi connectivity index (χ2v) is 4.34. The molecule has 1 amide bonds. The van der Waals surface area contributed by atoms with E-state index < -0.39 is 36.4 Å². The standard InChI is InChI=1S/C13H15NO7.2Na/c15-8-3-1-7(2-4-8)5-9(13(20)21)14-12(19)10(16)6-11(17)18;;/h1-4,9-10,15-16H,5-6H2,(H,14,19)(H,17,18)(H,20,21);;/q;2*+1/p-2/t9-,10-;;/m0../s1. The summed E-state index contributed by atoms with van der Waals surface area (Å²) in [6, 6.07) is 4.14. The Balaban J connectivity index is 0. The molecule has 0 aliphatic heterocycles. The maximum atomic E-state index is 11.5. The van der Waals surface area contributed by atoms with E-state index in [0.717, 1.165) is 0 Å². The second-order valence-electron chi connectivity index (χ2n) is 4.34. The smallest absolute Gasteiger partial charge is 0.550 e. The molecule has 114 valence electrons. The Morgan fingerprint density at radius 1 is 1.09 bits per heavy atom. The van der Waals surface area contributed by atoms with Gasteiger partial charge in [0.25, 0.3) is 0 Å². The number of benzene rings is 1. The third-order valence-electron chi connectivity index (χ3n) is 2.64. The summed E-state index contributed by atoms with van der Waals surface area (Å²) in [7, 11) is 0. The van der Waals surface area contributed by atoms with Crippen molar-refractivity contribution in [3.05, 3.63) is 29.8 Å². The summed E-state index contributed by atoms with van der Waals surface area (Å²) < 4.78 is 0. The van der Waals surface area contributed by atoms with Gasteiger partial charge in [-0.05, 0) is 24.1 Å². The van der Waals surface area contributed by atoms with Crippen LogP contribution in [0.25, 0.3) is 0 Å². The number of aliphatic hydroxyl groups is 1. The normalized spacial score (nSPS) is 12.0. The molecular formula is C13H13NNa2O7. The summed E-state index contributed by atoms with van der Waals surface area (Å²) >= 11 is 0. The first-order valence-electron chi connectivity index (χ1n) is 5.96. The van der Waals surface area contributed by atoms with E-state index in [0.29, 0.717) is 5.56 Å². The molecule has 8 nitrogen and oxygen atoms in total. The van der Waals surface area contributed by atoms with Gasteiger partial charge >= 0.3 is 59.1 Å². The van der Waals surface area contributed by atoms with Crippen LogP contribution >= 0.6 is 0 Å². The molecule has 1 aromatic rings. The van der Waals surface area contributed by atoms with Crippen molar-refractivity contribution in [1.29, 1.82) is 0 Å². The predicted molar refractivity (Wildman–Crippen MR) is 64.4 cm³/mol. The van der Waals surface area contributed by atoms with Gasteiger partial charge in [-0.1, -0.05) is 12.1 Å². The summed E-state index contributed by atoms with van der Waals surface area (Å²) in [6.45, 7) is 0. The summed E-state index contributed by atoms with van der Waals surface area (Å²) in [5, 5.41) is 41.6. The maximum absolute atomic E-state index is 11.5. The van der Waals surface area contributed by atoms with Gasteiger partial charge in [0.05, 0.1) is 12.0 Å². The number of aromatic hydroxyl groups is 1. The number of nitrogens with one attached hydrogen (secondary N) is 1. The Morgan fingerprint density at radius 3 is 2.04 bits per heavy atom. The molecule has 3 N–H and O–H groups in total. The number of carboxylic acids is 2. The topological polar surface area (TPSA) is 150 Å². The number of carbonyl (C=O) groups excluding carboxylic acids is 3. The van der Waals surface area contributed by atoms with Crippen LogP contribution in [0.3, 0.4) is 0 Å². The van der Waals surface area contributed by atoms with Crippen LogP contribution in [0.1, 0.15) is 12.0 Å². The van der Waals surface area contributed by atoms with E-state index in [4.69, 9.17) is 5.11 Å². The fraction of sp³-hybridized carbons (Fsp3) is 0.308. The van der Waals surface area contributed by atoms with Crippen LogP contribution < -0.4 is 74.6 Å². The van der Waals surface area contributed by atoms with Crippen molar-refractivity contribution >= 4 is 17.8 Å².